The summed E-state index contributed by atoms with van der Waals surface area (Å²) in [5.41, 5.74) is 3.32. The number of piperidine rings is 1. The van der Waals surface area contributed by atoms with Gasteiger partial charge in [0.1, 0.15) is 6.33 Å². The molecule has 27 heavy (non-hydrogen) atoms. The van der Waals surface area contributed by atoms with E-state index in [1.54, 1.807) is 11.8 Å². The molecule has 0 radical (unpaired) electrons. The van der Waals surface area contributed by atoms with Crippen LogP contribution in [-0.2, 0) is 5.75 Å². The Morgan fingerprint density at radius 1 is 1.07 bits per heavy atom. The molecule has 4 rings (SSSR count). The summed E-state index contributed by atoms with van der Waals surface area (Å²) in [4.78, 5) is 18.9. The van der Waals surface area contributed by atoms with Crippen molar-refractivity contribution in [3.8, 4) is 0 Å². The number of likely N-dealkylation sites (tertiary alicyclic amines) is 1. The van der Waals surface area contributed by atoms with Gasteiger partial charge in [0.25, 0.3) is 5.91 Å². The van der Waals surface area contributed by atoms with Crippen LogP contribution in [0, 0.1) is 0 Å². The number of rotatable bonds is 5. The maximum atomic E-state index is 12.8. The molecule has 3 aromatic rings. The van der Waals surface area contributed by atoms with E-state index in [0.29, 0.717) is 5.92 Å². The minimum absolute atomic E-state index is 0.135. The smallest absolute Gasteiger partial charge is 0.253 e. The number of hydrogen-bond acceptors (Lipinski definition) is 4. The average molecular weight is 379 g/mol. The minimum atomic E-state index is 0.135. The van der Waals surface area contributed by atoms with E-state index in [0.717, 1.165) is 48.0 Å². The van der Waals surface area contributed by atoms with E-state index in [1.165, 1.54) is 11.9 Å². The standard InChI is InChI=1S/C21H22N4OS/c26-20(25-12-10-18(11-13-25)17-4-2-1-3-5-17)19-8-6-16(7-9-19)14-27-21-22-15-23-24-21/h1-9,15,18H,10-14H2,(H,22,23,24). The number of carbonyl (C=O) groups excluding carboxylic acids is 1. The summed E-state index contributed by atoms with van der Waals surface area (Å²) in [6.07, 6.45) is 3.56. The Hall–Kier alpha value is -2.60. The van der Waals surface area contributed by atoms with E-state index in [9.17, 15) is 4.79 Å². The molecule has 1 aliphatic rings. The molecule has 2 heterocycles. The zero-order chi connectivity index (χ0) is 18.5. The highest BCUT2D eigenvalue weighted by atomic mass is 32.2. The molecule has 1 aliphatic heterocycles. The van der Waals surface area contributed by atoms with E-state index in [-0.39, 0.29) is 5.91 Å². The van der Waals surface area contributed by atoms with Crippen LogP contribution in [0.25, 0.3) is 0 Å². The minimum Gasteiger partial charge on any atom is -0.339 e. The molecule has 0 saturated carbocycles. The number of nitrogens with one attached hydrogen (secondary N) is 1. The monoisotopic (exact) mass is 378 g/mol. The molecule has 1 aromatic heterocycles. The van der Waals surface area contributed by atoms with E-state index in [1.807, 2.05) is 29.2 Å². The first kappa shape index (κ1) is 17.8. The molecule has 1 saturated heterocycles. The number of aromatic nitrogens is 3. The number of thioether (sulfide) groups is 1. The second-order valence-corrected chi connectivity index (χ2v) is 7.72. The van der Waals surface area contributed by atoms with Gasteiger partial charge in [-0.25, -0.2) is 4.98 Å². The first-order valence-electron chi connectivity index (χ1n) is 9.21. The van der Waals surface area contributed by atoms with Gasteiger partial charge in [-0.05, 0) is 42.0 Å². The van der Waals surface area contributed by atoms with Gasteiger partial charge in [-0.1, -0.05) is 54.2 Å². The zero-order valence-corrected chi connectivity index (χ0v) is 15.9. The van der Waals surface area contributed by atoms with Gasteiger partial charge in [-0.3, -0.25) is 9.89 Å². The summed E-state index contributed by atoms with van der Waals surface area (Å²) >= 11 is 1.60. The van der Waals surface area contributed by atoms with Gasteiger partial charge in [0.05, 0.1) is 0 Å². The summed E-state index contributed by atoms with van der Waals surface area (Å²) in [5, 5.41) is 7.48. The molecular weight excluding hydrogens is 356 g/mol. The molecule has 0 spiro atoms. The quantitative estimate of drug-likeness (QED) is 0.679. The van der Waals surface area contributed by atoms with Crippen LogP contribution in [0.15, 0.2) is 66.1 Å². The van der Waals surface area contributed by atoms with E-state index < -0.39 is 0 Å². The zero-order valence-electron chi connectivity index (χ0n) is 15.0. The highest BCUT2D eigenvalue weighted by molar-refractivity contribution is 7.98. The molecule has 1 fully saturated rings. The fraction of sp³-hybridized carbons (Fsp3) is 0.286. The van der Waals surface area contributed by atoms with Crippen LogP contribution in [0.3, 0.4) is 0 Å². The second-order valence-electron chi connectivity index (χ2n) is 6.75. The number of amides is 1. The van der Waals surface area contributed by atoms with Gasteiger partial charge >= 0.3 is 0 Å². The van der Waals surface area contributed by atoms with Crippen molar-refractivity contribution in [1.82, 2.24) is 20.1 Å². The Kier molecular flexibility index (Phi) is 5.53. The highest BCUT2D eigenvalue weighted by Crippen LogP contribution is 2.28. The third kappa shape index (κ3) is 4.39. The number of carbonyl (C=O) groups is 1. The molecule has 138 valence electrons. The first-order chi connectivity index (χ1) is 13.3. The fourth-order valence-corrected chi connectivity index (χ4v) is 4.22. The van der Waals surface area contributed by atoms with Gasteiger partial charge in [0, 0.05) is 24.4 Å². The van der Waals surface area contributed by atoms with Crippen LogP contribution in [0.1, 0.15) is 40.2 Å². The average Bonchev–Trinajstić information content (AvgIpc) is 3.27. The summed E-state index contributed by atoms with van der Waals surface area (Å²) in [6.45, 7) is 1.64. The summed E-state index contributed by atoms with van der Waals surface area (Å²) < 4.78 is 0. The Balaban J connectivity index is 1.32. The maximum Gasteiger partial charge on any atom is 0.253 e. The van der Waals surface area contributed by atoms with Crippen LogP contribution in [0.4, 0.5) is 0 Å². The summed E-state index contributed by atoms with van der Waals surface area (Å²) in [5.74, 6) is 1.49. The Labute approximate surface area is 163 Å². The highest BCUT2D eigenvalue weighted by Gasteiger charge is 2.24. The SMILES string of the molecule is O=C(c1ccc(CSc2ncn[nH]2)cc1)N1CCC(c2ccccc2)CC1. The molecule has 0 unspecified atom stereocenters. The van der Waals surface area contributed by atoms with Crippen molar-refractivity contribution < 1.29 is 4.79 Å². The molecule has 0 bridgehead atoms. The van der Waals surface area contributed by atoms with Gasteiger partial charge in [-0.15, -0.1) is 0 Å². The van der Waals surface area contributed by atoms with Crippen molar-refractivity contribution in [2.45, 2.75) is 29.7 Å². The van der Waals surface area contributed by atoms with Crippen molar-refractivity contribution in [1.29, 1.82) is 0 Å². The van der Waals surface area contributed by atoms with Crippen LogP contribution in [0.5, 0.6) is 0 Å². The largest absolute Gasteiger partial charge is 0.339 e. The van der Waals surface area contributed by atoms with Crippen LogP contribution >= 0.6 is 11.8 Å². The predicted molar refractivity (Wildman–Crippen MR) is 107 cm³/mol. The lowest BCUT2D eigenvalue weighted by atomic mass is 9.89. The molecule has 2 aromatic carbocycles. The first-order valence-corrected chi connectivity index (χ1v) is 10.2. The Morgan fingerprint density at radius 2 is 1.81 bits per heavy atom. The molecule has 1 N–H and O–H groups in total. The molecule has 5 nitrogen and oxygen atoms in total. The number of aromatic amines is 1. The molecule has 6 heteroatoms. The van der Waals surface area contributed by atoms with Gasteiger partial charge in [-0.2, -0.15) is 5.10 Å². The number of H-pyrrole nitrogens is 1. The lowest BCUT2D eigenvalue weighted by molar-refractivity contribution is 0.0713. The topological polar surface area (TPSA) is 61.9 Å². The maximum absolute atomic E-state index is 12.8. The normalized spacial score (nSPS) is 15.0. The van der Waals surface area contributed by atoms with Crippen LogP contribution in [-0.4, -0.2) is 39.1 Å². The lowest BCUT2D eigenvalue weighted by Gasteiger charge is -2.32. The fourth-order valence-electron chi connectivity index (χ4n) is 3.48. The van der Waals surface area contributed by atoms with Crippen molar-refractivity contribution in [3.63, 3.8) is 0 Å². The number of hydrogen-bond donors (Lipinski definition) is 1. The summed E-state index contributed by atoms with van der Waals surface area (Å²) in [6, 6.07) is 18.5. The number of benzene rings is 2. The van der Waals surface area contributed by atoms with Crippen molar-refractivity contribution in [2.75, 3.05) is 13.1 Å². The molecule has 0 aliphatic carbocycles. The third-order valence-electron chi connectivity index (χ3n) is 5.02. The summed E-state index contributed by atoms with van der Waals surface area (Å²) in [7, 11) is 0. The Bertz CT molecular complexity index is 857. The second kappa shape index (κ2) is 8.39. The van der Waals surface area contributed by atoms with Crippen molar-refractivity contribution >= 4 is 17.7 Å². The van der Waals surface area contributed by atoms with E-state index in [4.69, 9.17) is 0 Å². The van der Waals surface area contributed by atoms with E-state index >= 15 is 0 Å². The number of nitrogens with zero attached hydrogens (tertiary/aromatic N) is 3. The third-order valence-corrected chi connectivity index (χ3v) is 5.97. The van der Waals surface area contributed by atoms with Crippen molar-refractivity contribution in [3.05, 3.63) is 77.6 Å². The van der Waals surface area contributed by atoms with E-state index in [2.05, 4.69) is 45.5 Å². The molecular formula is C21H22N4OS. The van der Waals surface area contributed by atoms with Gasteiger partial charge < -0.3 is 4.90 Å². The van der Waals surface area contributed by atoms with Gasteiger partial charge in [0.15, 0.2) is 5.16 Å². The Morgan fingerprint density at radius 3 is 2.48 bits per heavy atom. The van der Waals surface area contributed by atoms with Crippen LogP contribution < -0.4 is 0 Å². The van der Waals surface area contributed by atoms with Crippen molar-refractivity contribution in [2.24, 2.45) is 0 Å². The molecule has 0 atom stereocenters. The van der Waals surface area contributed by atoms with Crippen LogP contribution in [0.2, 0.25) is 0 Å². The lowest BCUT2D eigenvalue weighted by Crippen LogP contribution is -2.37. The predicted octanol–water partition coefficient (Wildman–Crippen LogP) is 4.12. The van der Waals surface area contributed by atoms with Gasteiger partial charge in [0.2, 0.25) is 0 Å². The molecule has 1 amide bonds.